The van der Waals surface area contributed by atoms with Crippen LogP contribution >= 0.6 is 23.5 Å². The van der Waals surface area contributed by atoms with Gasteiger partial charge in [0.05, 0.1) is 28.4 Å². The fraction of sp³-hybridized carbons (Fsp3) is 0.312. The zero-order chi connectivity index (χ0) is 17.1. The molecule has 2 aliphatic rings. The molecule has 2 aliphatic heterocycles. The van der Waals surface area contributed by atoms with Gasteiger partial charge in [-0.3, -0.25) is 14.6 Å². The van der Waals surface area contributed by atoms with Crippen LogP contribution in [0.1, 0.15) is 13.8 Å². The van der Waals surface area contributed by atoms with Crippen molar-refractivity contribution >= 4 is 51.9 Å². The molecular formula is C16H16N4O2S2. The third kappa shape index (κ3) is 3.76. The van der Waals surface area contributed by atoms with Gasteiger partial charge in [0.2, 0.25) is 5.91 Å². The predicted molar refractivity (Wildman–Crippen MR) is 99.5 cm³/mol. The van der Waals surface area contributed by atoms with Crippen molar-refractivity contribution in [3.05, 3.63) is 35.0 Å². The number of aliphatic imine (C=N–C) groups is 2. The van der Waals surface area contributed by atoms with Crippen molar-refractivity contribution < 1.29 is 9.59 Å². The molecule has 6 nitrogen and oxygen atoms in total. The third-order valence-electron chi connectivity index (χ3n) is 3.63. The third-order valence-corrected chi connectivity index (χ3v) is 5.72. The van der Waals surface area contributed by atoms with Gasteiger partial charge < -0.3 is 5.32 Å². The monoisotopic (exact) mass is 360 g/mol. The molecule has 24 heavy (non-hydrogen) atoms. The highest BCUT2D eigenvalue weighted by atomic mass is 32.2. The van der Waals surface area contributed by atoms with Gasteiger partial charge in [-0.1, -0.05) is 11.8 Å². The van der Waals surface area contributed by atoms with Gasteiger partial charge in [-0.2, -0.15) is 4.99 Å². The van der Waals surface area contributed by atoms with Crippen molar-refractivity contribution in [2.45, 2.75) is 13.8 Å². The Hall–Kier alpha value is -1.93. The highest BCUT2D eigenvalue weighted by molar-refractivity contribution is 8.17. The average molecular weight is 360 g/mol. The molecule has 8 heteroatoms. The first kappa shape index (κ1) is 16.9. The van der Waals surface area contributed by atoms with E-state index in [1.807, 2.05) is 13.8 Å². The van der Waals surface area contributed by atoms with E-state index in [4.69, 9.17) is 0 Å². The Morgan fingerprint density at radius 2 is 2.21 bits per heavy atom. The number of rotatable bonds is 5. The quantitative estimate of drug-likeness (QED) is 0.873. The largest absolute Gasteiger partial charge is 0.324 e. The fourth-order valence-corrected chi connectivity index (χ4v) is 4.15. The Morgan fingerprint density at radius 1 is 1.38 bits per heavy atom. The number of allylic oxidation sites excluding steroid dienone is 1. The van der Waals surface area contributed by atoms with Crippen LogP contribution in [0.15, 0.2) is 45.0 Å². The SMILES string of the molecule is CC1=C(C)C2C(=O)N=C(CSCC(=O)Nc3cccnc3)N=C2S1. The lowest BCUT2D eigenvalue weighted by Gasteiger charge is -2.14. The minimum Gasteiger partial charge on any atom is -0.324 e. The number of pyridine rings is 1. The van der Waals surface area contributed by atoms with Crippen molar-refractivity contribution in [1.82, 2.24) is 4.98 Å². The molecule has 0 saturated heterocycles. The van der Waals surface area contributed by atoms with Crippen LogP contribution in [0.3, 0.4) is 0 Å². The number of carbonyl (C=O) groups excluding carboxylic acids is 2. The summed E-state index contributed by atoms with van der Waals surface area (Å²) < 4.78 is 0. The van der Waals surface area contributed by atoms with Gasteiger partial charge in [0.15, 0.2) is 0 Å². The summed E-state index contributed by atoms with van der Waals surface area (Å²) in [6.07, 6.45) is 3.24. The number of amidine groups is 1. The van der Waals surface area contributed by atoms with Gasteiger partial charge in [-0.25, -0.2) is 4.99 Å². The number of thioether (sulfide) groups is 2. The lowest BCUT2D eigenvalue weighted by molar-refractivity contribution is -0.118. The highest BCUT2D eigenvalue weighted by Crippen LogP contribution is 2.40. The van der Waals surface area contributed by atoms with Crippen molar-refractivity contribution in [2.24, 2.45) is 15.9 Å². The second-order valence-electron chi connectivity index (χ2n) is 5.37. The van der Waals surface area contributed by atoms with E-state index < -0.39 is 0 Å². The van der Waals surface area contributed by atoms with Crippen LogP contribution in [0, 0.1) is 5.92 Å². The Labute approximate surface area is 148 Å². The predicted octanol–water partition coefficient (Wildman–Crippen LogP) is 2.75. The summed E-state index contributed by atoms with van der Waals surface area (Å²) in [4.78, 5) is 37.7. The van der Waals surface area contributed by atoms with Crippen LogP contribution in [0.4, 0.5) is 5.69 Å². The van der Waals surface area contributed by atoms with Gasteiger partial charge in [0, 0.05) is 6.20 Å². The number of nitrogens with one attached hydrogen (secondary N) is 1. The second-order valence-corrected chi connectivity index (χ2v) is 7.59. The zero-order valence-corrected chi connectivity index (χ0v) is 14.9. The van der Waals surface area contributed by atoms with Crippen LogP contribution in [0.2, 0.25) is 0 Å². The lowest BCUT2D eigenvalue weighted by atomic mass is 10.0. The van der Waals surface area contributed by atoms with E-state index in [9.17, 15) is 9.59 Å². The highest BCUT2D eigenvalue weighted by Gasteiger charge is 2.36. The van der Waals surface area contributed by atoms with Gasteiger partial charge in [-0.15, -0.1) is 11.8 Å². The molecule has 0 bridgehead atoms. The maximum atomic E-state index is 12.2. The molecular weight excluding hydrogens is 344 g/mol. The number of aromatic nitrogens is 1. The Morgan fingerprint density at radius 3 is 2.96 bits per heavy atom. The summed E-state index contributed by atoms with van der Waals surface area (Å²) in [5.74, 6) is 0.612. The topological polar surface area (TPSA) is 83.8 Å². The van der Waals surface area contributed by atoms with Crippen LogP contribution in [0.25, 0.3) is 0 Å². The van der Waals surface area contributed by atoms with Crippen LogP contribution in [-0.2, 0) is 9.59 Å². The molecule has 3 rings (SSSR count). The fourth-order valence-electron chi connectivity index (χ4n) is 2.34. The molecule has 1 unspecified atom stereocenters. The van der Waals surface area contributed by atoms with Gasteiger partial charge >= 0.3 is 0 Å². The number of anilines is 1. The maximum absolute atomic E-state index is 12.2. The van der Waals surface area contributed by atoms with E-state index in [0.717, 1.165) is 15.5 Å². The number of fused-ring (bicyclic) bond motifs is 1. The summed E-state index contributed by atoms with van der Waals surface area (Å²) in [7, 11) is 0. The summed E-state index contributed by atoms with van der Waals surface area (Å²) in [5.41, 5.74) is 1.70. The van der Waals surface area contributed by atoms with Crippen LogP contribution < -0.4 is 5.32 Å². The van der Waals surface area contributed by atoms with Gasteiger partial charge in [0.25, 0.3) is 5.91 Å². The molecule has 0 aromatic carbocycles. The number of hydrogen-bond acceptors (Lipinski definition) is 6. The van der Waals surface area contributed by atoms with Crippen molar-refractivity contribution in [3.63, 3.8) is 0 Å². The van der Waals surface area contributed by atoms with Crippen LogP contribution in [0.5, 0.6) is 0 Å². The van der Waals surface area contributed by atoms with E-state index >= 15 is 0 Å². The van der Waals surface area contributed by atoms with E-state index in [0.29, 0.717) is 17.3 Å². The minimum atomic E-state index is -0.294. The van der Waals surface area contributed by atoms with E-state index in [2.05, 4.69) is 20.3 Å². The molecule has 1 atom stereocenters. The standard InChI is InChI=1S/C16H16N4O2S2/c1-9-10(2)24-16-14(9)15(22)19-12(20-16)7-23-8-13(21)18-11-4-3-5-17-6-11/h3-6,14H,7-8H2,1-2H3,(H,18,21). The molecule has 2 amide bonds. The van der Waals surface area contributed by atoms with Gasteiger partial charge in [-0.05, 0) is 36.5 Å². The molecule has 0 spiro atoms. The van der Waals surface area contributed by atoms with Crippen molar-refractivity contribution in [1.29, 1.82) is 0 Å². The Balaban J connectivity index is 1.51. The molecule has 0 radical (unpaired) electrons. The number of nitrogens with zero attached hydrogens (tertiary/aromatic N) is 3. The summed E-state index contributed by atoms with van der Waals surface area (Å²) in [5, 5.41) is 3.57. The molecule has 0 fully saturated rings. The Bertz CT molecular complexity index is 772. The van der Waals surface area contributed by atoms with Gasteiger partial charge in [0.1, 0.15) is 11.8 Å². The van der Waals surface area contributed by atoms with E-state index in [1.165, 1.54) is 23.5 Å². The Kier molecular flexibility index (Phi) is 5.15. The molecule has 3 heterocycles. The lowest BCUT2D eigenvalue weighted by Crippen LogP contribution is -2.26. The summed E-state index contributed by atoms with van der Waals surface area (Å²) >= 11 is 2.92. The normalized spacial score (nSPS) is 19.8. The second kappa shape index (κ2) is 7.31. The first-order chi connectivity index (χ1) is 11.5. The number of amides is 2. The van der Waals surface area contributed by atoms with Crippen LogP contribution in [-0.4, -0.2) is 39.2 Å². The number of hydrogen-bond donors (Lipinski definition) is 1. The minimum absolute atomic E-state index is 0.120. The molecule has 124 valence electrons. The first-order valence-corrected chi connectivity index (χ1v) is 9.34. The van der Waals surface area contributed by atoms with Crippen molar-refractivity contribution in [3.8, 4) is 0 Å². The van der Waals surface area contributed by atoms with Crippen molar-refractivity contribution in [2.75, 3.05) is 16.8 Å². The molecule has 1 aromatic rings. The summed E-state index contributed by atoms with van der Waals surface area (Å²) in [6.45, 7) is 3.94. The van der Waals surface area contributed by atoms with E-state index in [1.54, 1.807) is 24.5 Å². The molecule has 1 N–H and O–H groups in total. The summed E-state index contributed by atoms with van der Waals surface area (Å²) in [6, 6.07) is 3.54. The maximum Gasteiger partial charge on any atom is 0.261 e. The smallest absolute Gasteiger partial charge is 0.261 e. The average Bonchev–Trinajstić information content (AvgIpc) is 2.83. The molecule has 1 aromatic heterocycles. The zero-order valence-electron chi connectivity index (χ0n) is 13.3. The van der Waals surface area contributed by atoms with E-state index in [-0.39, 0.29) is 23.5 Å². The molecule has 0 saturated carbocycles. The first-order valence-electron chi connectivity index (χ1n) is 7.37. The molecule has 0 aliphatic carbocycles. The number of carbonyl (C=O) groups is 2.